The van der Waals surface area contributed by atoms with Crippen LogP contribution in [0.3, 0.4) is 0 Å². The molecule has 1 aliphatic carbocycles. The van der Waals surface area contributed by atoms with E-state index < -0.39 is 23.8 Å². The van der Waals surface area contributed by atoms with Gasteiger partial charge in [-0.15, -0.1) is 0 Å². The highest BCUT2D eigenvalue weighted by molar-refractivity contribution is 5.94. The number of carbonyl (C=O) groups excluding carboxylic acids is 1. The maximum atomic E-state index is 12.0. The Morgan fingerprint density at radius 3 is 2.74 bits per heavy atom. The number of pyridine rings is 1. The molecular weight excluding hydrogens is 248 g/mol. The van der Waals surface area contributed by atoms with Gasteiger partial charge in [0.1, 0.15) is 5.56 Å². The minimum absolute atomic E-state index is 0.0113. The number of aromatic nitrogens is 1. The molecule has 0 bridgehead atoms. The Balaban J connectivity index is 2.11. The SMILES string of the molecule is O=C(NC1CCCCC1C(=O)O)c1c[nH]ccc1=O. The van der Waals surface area contributed by atoms with Gasteiger partial charge in [-0.3, -0.25) is 14.4 Å². The number of nitrogens with one attached hydrogen (secondary N) is 2. The van der Waals surface area contributed by atoms with E-state index in [4.69, 9.17) is 5.11 Å². The first-order valence-electron chi connectivity index (χ1n) is 6.30. The minimum atomic E-state index is -0.896. The predicted molar refractivity (Wildman–Crippen MR) is 67.9 cm³/mol. The molecule has 1 saturated carbocycles. The van der Waals surface area contributed by atoms with Crippen LogP contribution in [0, 0.1) is 5.92 Å². The Bertz CT molecular complexity index is 537. The quantitative estimate of drug-likeness (QED) is 0.750. The van der Waals surface area contributed by atoms with Crippen LogP contribution in [0.5, 0.6) is 0 Å². The summed E-state index contributed by atoms with van der Waals surface area (Å²) in [6.45, 7) is 0. The maximum Gasteiger partial charge on any atom is 0.308 e. The fourth-order valence-electron chi connectivity index (χ4n) is 2.44. The van der Waals surface area contributed by atoms with E-state index in [0.29, 0.717) is 12.8 Å². The van der Waals surface area contributed by atoms with Crippen molar-refractivity contribution in [2.24, 2.45) is 5.92 Å². The molecule has 19 heavy (non-hydrogen) atoms. The fourth-order valence-corrected chi connectivity index (χ4v) is 2.44. The Morgan fingerprint density at radius 1 is 1.32 bits per heavy atom. The van der Waals surface area contributed by atoms with Gasteiger partial charge in [0.2, 0.25) is 0 Å². The Hall–Kier alpha value is -2.11. The minimum Gasteiger partial charge on any atom is -0.481 e. The number of carboxylic acids is 1. The van der Waals surface area contributed by atoms with E-state index in [1.165, 1.54) is 18.5 Å². The van der Waals surface area contributed by atoms with Gasteiger partial charge in [-0.2, -0.15) is 0 Å². The topological polar surface area (TPSA) is 99.3 Å². The van der Waals surface area contributed by atoms with E-state index in [-0.39, 0.29) is 11.0 Å². The number of rotatable bonds is 3. The summed E-state index contributed by atoms with van der Waals surface area (Å²) in [6, 6.07) is 0.864. The lowest BCUT2D eigenvalue weighted by atomic mass is 9.84. The molecule has 1 fully saturated rings. The highest BCUT2D eigenvalue weighted by Crippen LogP contribution is 2.24. The van der Waals surface area contributed by atoms with Crippen molar-refractivity contribution >= 4 is 11.9 Å². The number of H-pyrrole nitrogens is 1. The average molecular weight is 264 g/mol. The molecule has 1 aliphatic rings. The number of aliphatic carboxylic acids is 1. The van der Waals surface area contributed by atoms with Crippen LogP contribution in [0.15, 0.2) is 23.3 Å². The third kappa shape index (κ3) is 3.01. The molecule has 1 aromatic heterocycles. The molecule has 3 N–H and O–H groups in total. The van der Waals surface area contributed by atoms with Gasteiger partial charge in [0.25, 0.3) is 5.91 Å². The Labute approximate surface area is 109 Å². The van der Waals surface area contributed by atoms with Crippen molar-refractivity contribution in [1.29, 1.82) is 0 Å². The first-order chi connectivity index (χ1) is 9.09. The average Bonchev–Trinajstić information content (AvgIpc) is 2.39. The standard InChI is InChI=1S/C13H16N2O4/c16-11-5-6-14-7-9(11)12(17)15-10-4-2-1-3-8(10)13(18)19/h5-8,10H,1-4H2,(H,14,16)(H,15,17)(H,18,19). The van der Waals surface area contributed by atoms with Crippen LogP contribution in [-0.4, -0.2) is 28.0 Å². The van der Waals surface area contributed by atoms with Crippen molar-refractivity contribution in [3.63, 3.8) is 0 Å². The molecule has 2 unspecified atom stereocenters. The number of carbonyl (C=O) groups is 2. The van der Waals surface area contributed by atoms with Crippen LogP contribution in [0.2, 0.25) is 0 Å². The monoisotopic (exact) mass is 264 g/mol. The van der Waals surface area contributed by atoms with Gasteiger partial charge in [-0.1, -0.05) is 12.8 Å². The van der Waals surface area contributed by atoms with Crippen molar-refractivity contribution in [2.75, 3.05) is 0 Å². The molecule has 1 amide bonds. The smallest absolute Gasteiger partial charge is 0.308 e. The molecule has 102 valence electrons. The van der Waals surface area contributed by atoms with Crippen LogP contribution in [0.4, 0.5) is 0 Å². The van der Waals surface area contributed by atoms with Crippen molar-refractivity contribution in [2.45, 2.75) is 31.7 Å². The van der Waals surface area contributed by atoms with Gasteiger partial charge >= 0.3 is 5.97 Å². The zero-order chi connectivity index (χ0) is 13.8. The highest BCUT2D eigenvalue weighted by atomic mass is 16.4. The zero-order valence-electron chi connectivity index (χ0n) is 10.4. The van der Waals surface area contributed by atoms with E-state index in [0.717, 1.165) is 12.8 Å². The van der Waals surface area contributed by atoms with E-state index in [1.54, 1.807) is 0 Å². The number of amides is 1. The van der Waals surface area contributed by atoms with Crippen molar-refractivity contribution < 1.29 is 14.7 Å². The van der Waals surface area contributed by atoms with Crippen molar-refractivity contribution in [1.82, 2.24) is 10.3 Å². The van der Waals surface area contributed by atoms with E-state index in [1.807, 2.05) is 0 Å². The summed E-state index contributed by atoms with van der Waals surface area (Å²) in [4.78, 5) is 37.3. The number of carboxylic acid groups (broad SMARTS) is 1. The largest absolute Gasteiger partial charge is 0.481 e. The summed E-state index contributed by atoms with van der Waals surface area (Å²) < 4.78 is 0. The molecule has 0 saturated heterocycles. The summed E-state index contributed by atoms with van der Waals surface area (Å²) in [7, 11) is 0. The molecule has 0 aliphatic heterocycles. The van der Waals surface area contributed by atoms with Gasteiger partial charge in [0.15, 0.2) is 5.43 Å². The van der Waals surface area contributed by atoms with Gasteiger partial charge in [-0.25, -0.2) is 0 Å². The maximum absolute atomic E-state index is 12.0. The van der Waals surface area contributed by atoms with Gasteiger partial charge in [-0.05, 0) is 12.8 Å². The molecule has 0 radical (unpaired) electrons. The second kappa shape index (κ2) is 5.69. The normalized spacial score (nSPS) is 22.7. The van der Waals surface area contributed by atoms with E-state index in [9.17, 15) is 14.4 Å². The molecule has 2 atom stereocenters. The van der Waals surface area contributed by atoms with Crippen molar-refractivity contribution in [3.05, 3.63) is 34.2 Å². The number of aromatic amines is 1. The molecule has 6 nitrogen and oxygen atoms in total. The third-order valence-electron chi connectivity index (χ3n) is 3.47. The van der Waals surface area contributed by atoms with Crippen LogP contribution in [0.1, 0.15) is 36.0 Å². The second-order valence-electron chi connectivity index (χ2n) is 4.73. The van der Waals surface area contributed by atoms with Crippen LogP contribution in [-0.2, 0) is 4.79 Å². The molecule has 1 heterocycles. The molecular formula is C13H16N2O4. The number of hydrogen-bond acceptors (Lipinski definition) is 3. The van der Waals surface area contributed by atoms with Crippen LogP contribution >= 0.6 is 0 Å². The predicted octanol–water partition coefficient (Wildman–Crippen LogP) is 0.748. The molecule has 1 aromatic rings. The van der Waals surface area contributed by atoms with Gasteiger partial charge in [0, 0.05) is 24.5 Å². The summed E-state index contributed by atoms with van der Waals surface area (Å²) in [6.07, 6.45) is 5.71. The molecule has 0 aromatic carbocycles. The van der Waals surface area contributed by atoms with E-state index in [2.05, 4.69) is 10.3 Å². The van der Waals surface area contributed by atoms with E-state index >= 15 is 0 Å². The molecule has 0 spiro atoms. The van der Waals surface area contributed by atoms with Crippen LogP contribution in [0.25, 0.3) is 0 Å². The summed E-state index contributed by atoms with van der Waals surface area (Å²) in [5, 5.41) is 11.8. The number of hydrogen-bond donors (Lipinski definition) is 3. The zero-order valence-corrected chi connectivity index (χ0v) is 10.4. The lowest BCUT2D eigenvalue weighted by Gasteiger charge is -2.29. The third-order valence-corrected chi connectivity index (χ3v) is 3.47. The Kier molecular flexibility index (Phi) is 3.99. The lowest BCUT2D eigenvalue weighted by Crippen LogP contribution is -2.46. The van der Waals surface area contributed by atoms with Crippen LogP contribution < -0.4 is 10.7 Å². The highest BCUT2D eigenvalue weighted by Gasteiger charge is 2.32. The molecule has 2 rings (SSSR count). The summed E-state index contributed by atoms with van der Waals surface area (Å²) >= 11 is 0. The first kappa shape index (κ1) is 13.3. The van der Waals surface area contributed by atoms with Gasteiger partial charge in [0.05, 0.1) is 5.92 Å². The lowest BCUT2D eigenvalue weighted by molar-refractivity contribution is -0.143. The second-order valence-corrected chi connectivity index (χ2v) is 4.73. The molecule has 6 heteroatoms. The first-order valence-corrected chi connectivity index (χ1v) is 6.30. The Morgan fingerprint density at radius 2 is 2.05 bits per heavy atom. The summed E-state index contributed by atoms with van der Waals surface area (Å²) in [5.74, 6) is -1.98. The fraction of sp³-hybridized carbons (Fsp3) is 0.462. The van der Waals surface area contributed by atoms with Gasteiger partial charge < -0.3 is 15.4 Å². The summed E-state index contributed by atoms with van der Waals surface area (Å²) in [5.41, 5.74) is -0.365. The van der Waals surface area contributed by atoms with Crippen molar-refractivity contribution in [3.8, 4) is 0 Å².